The molecule has 0 spiro atoms. The number of hydrogen-bond acceptors (Lipinski definition) is 4. The van der Waals surface area contributed by atoms with Crippen molar-refractivity contribution < 1.29 is 18.0 Å². The monoisotopic (exact) mass is 559 g/mol. The first-order valence-electron chi connectivity index (χ1n) is 9.01. The molecule has 0 aliphatic carbocycles. The predicted molar refractivity (Wildman–Crippen MR) is 125 cm³/mol. The van der Waals surface area contributed by atoms with E-state index in [2.05, 4.69) is 37.2 Å². The SMILES string of the molecule is CNC(=O)[C@H](C)N(Cc1cccc(Br)c1)C(=O)CN(c1cccc(Br)c1)S(C)(=O)=O. The highest BCUT2D eigenvalue weighted by Crippen LogP contribution is 2.23. The minimum absolute atomic E-state index is 0.156. The molecule has 0 aliphatic rings. The molecule has 1 N–H and O–H groups in total. The van der Waals surface area contributed by atoms with Gasteiger partial charge in [0.05, 0.1) is 11.9 Å². The van der Waals surface area contributed by atoms with Crippen molar-refractivity contribution in [3.63, 3.8) is 0 Å². The summed E-state index contributed by atoms with van der Waals surface area (Å²) in [7, 11) is -2.25. The Hall–Kier alpha value is -1.91. The molecule has 0 aromatic heterocycles. The normalized spacial score (nSPS) is 12.2. The second kappa shape index (κ2) is 10.4. The van der Waals surface area contributed by atoms with E-state index < -0.39 is 28.5 Å². The third kappa shape index (κ3) is 6.55. The summed E-state index contributed by atoms with van der Waals surface area (Å²) in [5.74, 6) is -0.830. The third-order valence-corrected chi connectivity index (χ3v) is 6.56. The highest BCUT2D eigenvalue weighted by atomic mass is 79.9. The molecule has 0 saturated carbocycles. The number of hydrogen-bond donors (Lipinski definition) is 1. The molecule has 162 valence electrons. The van der Waals surface area contributed by atoms with E-state index in [4.69, 9.17) is 0 Å². The van der Waals surface area contributed by atoms with E-state index in [0.717, 1.165) is 20.6 Å². The molecule has 1 atom stereocenters. The molecule has 0 bridgehead atoms. The summed E-state index contributed by atoms with van der Waals surface area (Å²) in [4.78, 5) is 26.9. The van der Waals surface area contributed by atoms with Crippen LogP contribution in [0.25, 0.3) is 0 Å². The minimum atomic E-state index is -3.74. The Bertz CT molecular complexity index is 1030. The zero-order chi connectivity index (χ0) is 22.5. The fourth-order valence-corrected chi connectivity index (χ4v) is 4.54. The van der Waals surface area contributed by atoms with Gasteiger partial charge in [-0.1, -0.05) is 50.1 Å². The number of halogens is 2. The molecule has 0 radical (unpaired) electrons. The summed E-state index contributed by atoms with van der Waals surface area (Å²) < 4.78 is 27.4. The van der Waals surface area contributed by atoms with Crippen LogP contribution in [0.3, 0.4) is 0 Å². The first kappa shape index (κ1) is 24.4. The van der Waals surface area contributed by atoms with Crippen molar-refractivity contribution in [3.8, 4) is 0 Å². The van der Waals surface area contributed by atoms with Crippen molar-refractivity contribution in [2.75, 3.05) is 24.2 Å². The Labute approximate surface area is 193 Å². The highest BCUT2D eigenvalue weighted by Gasteiger charge is 2.29. The maximum absolute atomic E-state index is 13.2. The molecule has 0 unspecified atom stereocenters. The van der Waals surface area contributed by atoms with Crippen LogP contribution < -0.4 is 9.62 Å². The van der Waals surface area contributed by atoms with Crippen molar-refractivity contribution in [1.29, 1.82) is 0 Å². The van der Waals surface area contributed by atoms with Gasteiger partial charge in [0.2, 0.25) is 21.8 Å². The average molecular weight is 561 g/mol. The van der Waals surface area contributed by atoms with Gasteiger partial charge in [0.25, 0.3) is 0 Å². The molecule has 0 fully saturated rings. The van der Waals surface area contributed by atoms with Crippen molar-refractivity contribution in [3.05, 3.63) is 63.0 Å². The van der Waals surface area contributed by atoms with E-state index in [1.54, 1.807) is 31.2 Å². The second-order valence-electron chi connectivity index (χ2n) is 6.69. The molecule has 2 rings (SSSR count). The van der Waals surface area contributed by atoms with Crippen molar-refractivity contribution >= 4 is 59.4 Å². The lowest BCUT2D eigenvalue weighted by Gasteiger charge is -2.31. The Morgan fingerprint density at radius 2 is 1.67 bits per heavy atom. The van der Waals surface area contributed by atoms with E-state index in [9.17, 15) is 18.0 Å². The Balaban J connectivity index is 2.38. The van der Waals surface area contributed by atoms with Gasteiger partial charge in [-0.25, -0.2) is 8.42 Å². The molecule has 2 aromatic rings. The Kier molecular flexibility index (Phi) is 8.45. The van der Waals surface area contributed by atoms with Gasteiger partial charge in [0.15, 0.2) is 0 Å². The zero-order valence-electron chi connectivity index (χ0n) is 16.8. The smallest absolute Gasteiger partial charge is 0.244 e. The zero-order valence-corrected chi connectivity index (χ0v) is 20.8. The summed E-state index contributed by atoms with van der Waals surface area (Å²) in [6, 6.07) is 13.3. The fraction of sp³-hybridized carbons (Fsp3) is 0.300. The Morgan fingerprint density at radius 1 is 1.07 bits per heavy atom. The van der Waals surface area contributed by atoms with Crippen molar-refractivity contribution in [2.24, 2.45) is 0 Å². The lowest BCUT2D eigenvalue weighted by molar-refractivity contribution is -0.139. The second-order valence-corrected chi connectivity index (χ2v) is 10.4. The summed E-state index contributed by atoms with van der Waals surface area (Å²) in [5, 5.41) is 2.54. The maximum atomic E-state index is 13.2. The minimum Gasteiger partial charge on any atom is -0.357 e. The molecule has 0 aliphatic heterocycles. The standard InChI is InChI=1S/C20H23Br2N3O4S/c1-14(20(27)23-2)24(12-15-6-4-7-16(21)10-15)19(26)13-25(30(3,28)29)18-9-5-8-17(22)11-18/h4-11,14H,12-13H2,1-3H3,(H,23,27)/t14-/m0/s1. The molecular weight excluding hydrogens is 538 g/mol. The van der Waals surface area contributed by atoms with Gasteiger partial charge in [-0.05, 0) is 42.8 Å². The van der Waals surface area contributed by atoms with Gasteiger partial charge in [0, 0.05) is 22.5 Å². The van der Waals surface area contributed by atoms with Crippen LogP contribution in [-0.2, 0) is 26.2 Å². The molecule has 10 heteroatoms. The summed E-state index contributed by atoms with van der Waals surface area (Å²) in [6.45, 7) is 1.34. The van der Waals surface area contributed by atoms with Crippen LogP contribution in [0, 0.1) is 0 Å². The quantitative estimate of drug-likeness (QED) is 0.537. The van der Waals surface area contributed by atoms with E-state index in [1.807, 2.05) is 24.3 Å². The van der Waals surface area contributed by atoms with Crippen molar-refractivity contribution in [2.45, 2.75) is 19.5 Å². The number of carbonyl (C=O) groups is 2. The van der Waals surface area contributed by atoms with E-state index in [-0.39, 0.29) is 12.5 Å². The van der Waals surface area contributed by atoms with Crippen LogP contribution in [-0.4, -0.2) is 51.0 Å². The number of nitrogens with zero attached hydrogens (tertiary/aromatic N) is 2. The first-order valence-corrected chi connectivity index (χ1v) is 12.4. The number of amides is 2. The molecule has 7 nitrogen and oxygen atoms in total. The van der Waals surface area contributed by atoms with Crippen LogP contribution in [0.15, 0.2) is 57.5 Å². The van der Waals surface area contributed by atoms with Gasteiger partial charge in [-0.3, -0.25) is 13.9 Å². The van der Waals surface area contributed by atoms with Crippen molar-refractivity contribution in [1.82, 2.24) is 10.2 Å². The van der Waals surface area contributed by atoms with Crippen LogP contribution in [0.2, 0.25) is 0 Å². The van der Waals surface area contributed by atoms with E-state index in [1.165, 1.54) is 11.9 Å². The van der Waals surface area contributed by atoms with Gasteiger partial charge >= 0.3 is 0 Å². The molecule has 0 saturated heterocycles. The molecule has 30 heavy (non-hydrogen) atoms. The Morgan fingerprint density at radius 3 is 2.20 bits per heavy atom. The molecule has 2 amide bonds. The van der Waals surface area contributed by atoms with E-state index >= 15 is 0 Å². The number of anilines is 1. The largest absolute Gasteiger partial charge is 0.357 e. The highest BCUT2D eigenvalue weighted by molar-refractivity contribution is 9.10. The summed E-state index contributed by atoms with van der Waals surface area (Å²) >= 11 is 6.72. The van der Waals surface area contributed by atoms with Crippen LogP contribution >= 0.6 is 31.9 Å². The third-order valence-electron chi connectivity index (χ3n) is 4.43. The molecular formula is C20H23Br2N3O4S. The van der Waals surface area contributed by atoms with E-state index in [0.29, 0.717) is 10.2 Å². The molecule has 0 heterocycles. The first-order chi connectivity index (χ1) is 14.0. The maximum Gasteiger partial charge on any atom is 0.244 e. The number of likely N-dealkylation sites (N-methyl/N-ethyl adjacent to an activating group) is 1. The fourth-order valence-electron chi connectivity index (χ4n) is 2.87. The summed E-state index contributed by atoms with van der Waals surface area (Å²) in [6.07, 6.45) is 1.04. The van der Waals surface area contributed by atoms with Crippen LogP contribution in [0.5, 0.6) is 0 Å². The predicted octanol–water partition coefficient (Wildman–Crippen LogP) is 3.14. The van der Waals surface area contributed by atoms with Crippen LogP contribution in [0.1, 0.15) is 12.5 Å². The number of nitrogens with one attached hydrogen (secondary N) is 1. The average Bonchev–Trinajstić information content (AvgIpc) is 2.68. The lowest BCUT2D eigenvalue weighted by atomic mass is 10.1. The molecule has 2 aromatic carbocycles. The van der Waals surface area contributed by atoms with Gasteiger partial charge in [-0.2, -0.15) is 0 Å². The number of rotatable bonds is 8. The number of carbonyl (C=O) groups excluding carboxylic acids is 2. The summed E-state index contributed by atoms with van der Waals surface area (Å²) in [5.41, 5.74) is 1.16. The van der Waals surface area contributed by atoms with Gasteiger partial charge < -0.3 is 10.2 Å². The van der Waals surface area contributed by atoms with Gasteiger partial charge in [0.1, 0.15) is 12.6 Å². The topological polar surface area (TPSA) is 86.8 Å². The number of benzene rings is 2. The lowest BCUT2D eigenvalue weighted by Crippen LogP contribution is -2.50. The van der Waals surface area contributed by atoms with Crippen LogP contribution in [0.4, 0.5) is 5.69 Å². The van der Waals surface area contributed by atoms with Gasteiger partial charge in [-0.15, -0.1) is 0 Å². The number of sulfonamides is 1.